The maximum absolute atomic E-state index is 11.9. The topological polar surface area (TPSA) is 96.9 Å². The molecule has 0 saturated carbocycles. The van der Waals surface area contributed by atoms with Gasteiger partial charge in [-0.1, -0.05) is 30.3 Å². The highest BCUT2D eigenvalue weighted by molar-refractivity contribution is 5.74. The van der Waals surface area contributed by atoms with E-state index in [0.717, 1.165) is 12.0 Å². The molecule has 0 radical (unpaired) electrons. The maximum Gasteiger partial charge on any atom is 0.329 e. The van der Waals surface area contributed by atoms with Crippen molar-refractivity contribution in [2.24, 2.45) is 0 Å². The molecule has 1 aliphatic rings. The average molecular weight is 322 g/mol. The number of ether oxygens (including phenoxy) is 2. The third-order valence-corrected chi connectivity index (χ3v) is 3.57. The summed E-state index contributed by atoms with van der Waals surface area (Å²) in [7, 11) is 0. The van der Waals surface area contributed by atoms with Gasteiger partial charge in [0.05, 0.1) is 18.8 Å². The van der Waals surface area contributed by atoms with Crippen molar-refractivity contribution in [3.8, 4) is 0 Å². The van der Waals surface area contributed by atoms with Gasteiger partial charge in [-0.3, -0.25) is 0 Å². The molecule has 2 rings (SSSR count). The third-order valence-electron chi connectivity index (χ3n) is 3.57. The van der Waals surface area contributed by atoms with E-state index in [2.05, 4.69) is 10.6 Å². The molecular formula is C16H22N2O5. The Morgan fingerprint density at radius 3 is 2.83 bits per heavy atom. The monoisotopic (exact) mass is 322 g/mol. The maximum atomic E-state index is 11.9. The molecule has 1 saturated heterocycles. The number of rotatable bonds is 7. The zero-order chi connectivity index (χ0) is 16.5. The van der Waals surface area contributed by atoms with E-state index >= 15 is 0 Å². The smallest absolute Gasteiger partial charge is 0.329 e. The number of hydrogen-bond donors (Lipinski definition) is 3. The van der Waals surface area contributed by atoms with Gasteiger partial charge in [0.2, 0.25) is 0 Å². The summed E-state index contributed by atoms with van der Waals surface area (Å²) in [6, 6.07) is 9.22. The van der Waals surface area contributed by atoms with Crippen molar-refractivity contribution in [3.63, 3.8) is 0 Å². The Bertz CT molecular complexity index is 508. The van der Waals surface area contributed by atoms with E-state index in [0.29, 0.717) is 26.2 Å². The summed E-state index contributed by atoms with van der Waals surface area (Å²) in [4.78, 5) is 22.5. The van der Waals surface area contributed by atoms with Crippen LogP contribution in [0.3, 0.4) is 0 Å². The summed E-state index contributed by atoms with van der Waals surface area (Å²) in [5.74, 6) is -1.03. The predicted molar refractivity (Wildman–Crippen MR) is 83.3 cm³/mol. The van der Waals surface area contributed by atoms with E-state index in [-0.39, 0.29) is 24.8 Å². The summed E-state index contributed by atoms with van der Waals surface area (Å²) in [6.07, 6.45) is 0.955. The van der Waals surface area contributed by atoms with Crippen LogP contribution in [0.2, 0.25) is 0 Å². The van der Waals surface area contributed by atoms with E-state index in [1.165, 1.54) is 0 Å². The van der Waals surface area contributed by atoms with Crippen LogP contribution in [-0.2, 0) is 20.7 Å². The number of nitrogens with one attached hydrogen (secondary N) is 2. The van der Waals surface area contributed by atoms with Crippen LogP contribution in [0.15, 0.2) is 30.3 Å². The second kappa shape index (κ2) is 9.12. The van der Waals surface area contributed by atoms with Gasteiger partial charge < -0.3 is 25.2 Å². The number of carbonyl (C=O) groups is 2. The van der Waals surface area contributed by atoms with Gasteiger partial charge in [-0.25, -0.2) is 9.59 Å². The standard InChI is InChI=1S/C16H22N2O5/c19-15(20)11-23-14-7-9-22-10-13(14)18-16(21)17-8-6-12-4-2-1-3-5-12/h1-5,13-14H,6-11H2,(H,19,20)(H2,17,18,21)/t13-,14+/m1/s1. The Morgan fingerprint density at radius 2 is 2.09 bits per heavy atom. The number of carboxylic acids is 1. The Labute approximate surface area is 135 Å². The van der Waals surface area contributed by atoms with Crippen LogP contribution in [-0.4, -0.2) is 55.6 Å². The Kier molecular flexibility index (Phi) is 6.83. The number of amides is 2. The fourth-order valence-electron chi connectivity index (χ4n) is 2.42. The van der Waals surface area contributed by atoms with Crippen LogP contribution in [0, 0.1) is 0 Å². The molecule has 7 heteroatoms. The van der Waals surface area contributed by atoms with Crippen LogP contribution >= 0.6 is 0 Å². The second-order valence-electron chi connectivity index (χ2n) is 5.35. The van der Waals surface area contributed by atoms with Gasteiger partial charge in [0.1, 0.15) is 6.61 Å². The van der Waals surface area contributed by atoms with Crippen molar-refractivity contribution in [2.45, 2.75) is 25.0 Å². The first-order valence-electron chi connectivity index (χ1n) is 7.64. The molecular weight excluding hydrogens is 300 g/mol. The highest BCUT2D eigenvalue weighted by Gasteiger charge is 2.28. The van der Waals surface area contributed by atoms with E-state index in [4.69, 9.17) is 14.6 Å². The van der Waals surface area contributed by atoms with Crippen molar-refractivity contribution in [3.05, 3.63) is 35.9 Å². The fraction of sp³-hybridized carbons (Fsp3) is 0.500. The number of carboxylic acid groups (broad SMARTS) is 1. The molecule has 0 aromatic heterocycles. The minimum atomic E-state index is -1.03. The zero-order valence-corrected chi connectivity index (χ0v) is 12.9. The molecule has 3 N–H and O–H groups in total. The van der Waals surface area contributed by atoms with E-state index < -0.39 is 5.97 Å². The second-order valence-corrected chi connectivity index (χ2v) is 5.35. The molecule has 0 spiro atoms. The van der Waals surface area contributed by atoms with Crippen molar-refractivity contribution in [1.82, 2.24) is 10.6 Å². The van der Waals surface area contributed by atoms with Gasteiger partial charge in [0, 0.05) is 13.2 Å². The lowest BCUT2D eigenvalue weighted by atomic mass is 10.1. The van der Waals surface area contributed by atoms with Crippen LogP contribution in [0.5, 0.6) is 0 Å². The van der Waals surface area contributed by atoms with Crippen LogP contribution in [0.25, 0.3) is 0 Å². The number of urea groups is 1. The molecule has 1 aromatic rings. The van der Waals surface area contributed by atoms with E-state index in [1.807, 2.05) is 30.3 Å². The SMILES string of the molecule is O=C(O)CO[C@H]1CCOC[C@H]1NC(=O)NCCc1ccccc1. The highest BCUT2D eigenvalue weighted by Crippen LogP contribution is 2.11. The van der Waals surface area contributed by atoms with Crippen LogP contribution in [0.4, 0.5) is 4.79 Å². The fourth-order valence-corrected chi connectivity index (χ4v) is 2.42. The minimum Gasteiger partial charge on any atom is -0.480 e. The number of carbonyl (C=O) groups excluding carboxylic acids is 1. The molecule has 1 aromatic carbocycles. The molecule has 1 fully saturated rings. The van der Waals surface area contributed by atoms with Gasteiger partial charge in [-0.2, -0.15) is 0 Å². The molecule has 1 heterocycles. The first-order chi connectivity index (χ1) is 11.1. The number of benzene rings is 1. The molecule has 126 valence electrons. The molecule has 2 amide bonds. The van der Waals surface area contributed by atoms with Gasteiger partial charge in [0.25, 0.3) is 0 Å². The first-order valence-corrected chi connectivity index (χ1v) is 7.64. The molecule has 1 aliphatic heterocycles. The van der Waals surface area contributed by atoms with Gasteiger partial charge in [-0.05, 0) is 18.4 Å². The third kappa shape index (κ3) is 6.25. The molecule has 0 unspecified atom stereocenters. The van der Waals surface area contributed by atoms with E-state index in [1.54, 1.807) is 0 Å². The summed E-state index contributed by atoms with van der Waals surface area (Å²) < 4.78 is 10.6. The summed E-state index contributed by atoms with van der Waals surface area (Å²) in [5.41, 5.74) is 1.15. The first kappa shape index (κ1) is 17.2. The molecule has 7 nitrogen and oxygen atoms in total. The Balaban J connectivity index is 1.72. The van der Waals surface area contributed by atoms with Crippen molar-refractivity contribution in [2.75, 3.05) is 26.4 Å². The van der Waals surface area contributed by atoms with Crippen molar-refractivity contribution in [1.29, 1.82) is 0 Å². The van der Waals surface area contributed by atoms with E-state index in [9.17, 15) is 9.59 Å². The molecule has 23 heavy (non-hydrogen) atoms. The highest BCUT2D eigenvalue weighted by atomic mass is 16.5. The zero-order valence-electron chi connectivity index (χ0n) is 12.9. The predicted octanol–water partition coefficient (Wildman–Crippen LogP) is 0.787. The lowest BCUT2D eigenvalue weighted by molar-refractivity contribution is -0.147. The summed E-state index contributed by atoms with van der Waals surface area (Å²) in [5, 5.41) is 14.3. The Hall–Kier alpha value is -2.12. The quantitative estimate of drug-likeness (QED) is 0.689. The van der Waals surface area contributed by atoms with Crippen LogP contribution in [0.1, 0.15) is 12.0 Å². The lowest BCUT2D eigenvalue weighted by Crippen LogP contribution is -2.53. The largest absolute Gasteiger partial charge is 0.480 e. The van der Waals surface area contributed by atoms with Crippen LogP contribution < -0.4 is 10.6 Å². The Morgan fingerprint density at radius 1 is 1.30 bits per heavy atom. The van der Waals surface area contributed by atoms with Crippen molar-refractivity contribution >= 4 is 12.0 Å². The number of hydrogen-bond acceptors (Lipinski definition) is 4. The molecule has 0 bridgehead atoms. The van der Waals surface area contributed by atoms with Crippen molar-refractivity contribution < 1.29 is 24.2 Å². The normalized spacial score (nSPS) is 20.7. The lowest BCUT2D eigenvalue weighted by Gasteiger charge is -2.31. The van der Waals surface area contributed by atoms with Gasteiger partial charge in [0.15, 0.2) is 0 Å². The molecule has 2 atom stereocenters. The summed E-state index contributed by atoms with van der Waals surface area (Å²) in [6.45, 7) is 0.955. The average Bonchev–Trinajstić information content (AvgIpc) is 2.55. The van der Waals surface area contributed by atoms with Gasteiger partial charge >= 0.3 is 12.0 Å². The number of aliphatic carboxylic acids is 1. The minimum absolute atomic E-state index is 0.305. The van der Waals surface area contributed by atoms with Gasteiger partial charge in [-0.15, -0.1) is 0 Å². The molecule has 0 aliphatic carbocycles. The summed E-state index contributed by atoms with van der Waals surface area (Å²) >= 11 is 0.